The molecule has 1 aliphatic heterocycles. The zero-order valence-corrected chi connectivity index (χ0v) is 23.8. The summed E-state index contributed by atoms with van der Waals surface area (Å²) in [5.41, 5.74) is 2.87. The molecule has 0 saturated carbocycles. The molecule has 208 valence electrons. The molecule has 0 saturated heterocycles. The van der Waals surface area contributed by atoms with Crippen molar-refractivity contribution in [1.82, 2.24) is 5.32 Å². The summed E-state index contributed by atoms with van der Waals surface area (Å²) in [4.78, 5) is 42.1. The molecule has 2 aromatic rings. The molecule has 1 aromatic heterocycles. The highest BCUT2D eigenvalue weighted by molar-refractivity contribution is 7.10. The molecule has 0 spiro atoms. The lowest BCUT2D eigenvalue weighted by atomic mass is 9.68. The van der Waals surface area contributed by atoms with Gasteiger partial charge in [-0.05, 0) is 55.8 Å². The number of carbonyl (C=O) groups is 3. The van der Waals surface area contributed by atoms with Crippen molar-refractivity contribution in [2.24, 2.45) is 5.92 Å². The third-order valence-electron chi connectivity index (χ3n) is 7.09. The van der Waals surface area contributed by atoms with Crippen LogP contribution in [0, 0.1) is 5.92 Å². The number of hydrogen-bond donors (Lipinski definition) is 1. The normalized spacial score (nSPS) is 20.7. The maximum absolute atomic E-state index is 14.4. The van der Waals surface area contributed by atoms with Crippen molar-refractivity contribution in [3.8, 4) is 11.5 Å². The van der Waals surface area contributed by atoms with Gasteiger partial charge in [-0.2, -0.15) is 0 Å². The summed E-state index contributed by atoms with van der Waals surface area (Å²) < 4.78 is 21.9. The molecule has 2 aliphatic rings. The van der Waals surface area contributed by atoms with E-state index in [2.05, 4.69) is 5.32 Å². The summed E-state index contributed by atoms with van der Waals surface area (Å²) in [5.74, 6) is -2.56. The molecule has 1 N–H and O–H groups in total. The second-order valence-electron chi connectivity index (χ2n) is 9.35. The molecule has 1 aromatic carbocycles. The van der Waals surface area contributed by atoms with Crippen molar-refractivity contribution in [3.63, 3.8) is 0 Å². The standard InChI is InChI=1S/C30H35NO7S/c1-6-10-19-27(30(34)38-8-3)24(17-12-13-21(35-4)22(15-17)36-5)26-20(31-19)16-18(23-11-9-14-39-23)25(28(26)32)29(33)37-7-2/h9,11-15,18,24-25,31H,6-8,10,16H2,1-5H3/t18-,24-,25+/m1/s1. The first-order chi connectivity index (χ1) is 18.9. The van der Waals surface area contributed by atoms with Gasteiger partial charge in [0.25, 0.3) is 0 Å². The fraction of sp³-hybridized carbons (Fsp3) is 0.433. The Morgan fingerprint density at radius 3 is 2.38 bits per heavy atom. The molecule has 0 unspecified atom stereocenters. The van der Waals surface area contributed by atoms with Crippen LogP contribution >= 0.6 is 11.3 Å². The largest absolute Gasteiger partial charge is 0.493 e. The summed E-state index contributed by atoms with van der Waals surface area (Å²) in [6.07, 6.45) is 1.80. The lowest BCUT2D eigenvalue weighted by Gasteiger charge is -2.39. The van der Waals surface area contributed by atoms with Gasteiger partial charge in [0.1, 0.15) is 5.92 Å². The molecule has 0 radical (unpaired) electrons. The zero-order valence-electron chi connectivity index (χ0n) is 23.0. The molecule has 1 aliphatic carbocycles. The van der Waals surface area contributed by atoms with E-state index in [1.807, 2.05) is 30.5 Å². The highest BCUT2D eigenvalue weighted by Gasteiger charge is 2.49. The van der Waals surface area contributed by atoms with Gasteiger partial charge in [-0.1, -0.05) is 25.5 Å². The number of thiophene rings is 1. The minimum absolute atomic E-state index is 0.164. The number of nitrogens with one attached hydrogen (secondary N) is 1. The minimum atomic E-state index is -1.03. The van der Waals surface area contributed by atoms with Crippen molar-refractivity contribution in [1.29, 1.82) is 0 Å². The fourth-order valence-electron chi connectivity index (χ4n) is 5.48. The summed E-state index contributed by atoms with van der Waals surface area (Å²) in [6.45, 7) is 5.86. The Labute approximate surface area is 233 Å². The lowest BCUT2D eigenvalue weighted by Crippen LogP contribution is -2.43. The minimum Gasteiger partial charge on any atom is -0.493 e. The molecule has 0 fully saturated rings. The molecule has 39 heavy (non-hydrogen) atoms. The van der Waals surface area contributed by atoms with Crippen LogP contribution in [0.25, 0.3) is 0 Å². The molecular formula is C30H35NO7S. The van der Waals surface area contributed by atoms with Crippen LogP contribution in [0.15, 0.2) is 58.3 Å². The van der Waals surface area contributed by atoms with E-state index < -0.39 is 23.8 Å². The van der Waals surface area contributed by atoms with E-state index in [-0.39, 0.29) is 24.9 Å². The predicted molar refractivity (Wildman–Crippen MR) is 148 cm³/mol. The van der Waals surface area contributed by atoms with Gasteiger partial charge in [0.2, 0.25) is 0 Å². The number of hydrogen-bond acceptors (Lipinski definition) is 9. The van der Waals surface area contributed by atoms with Crippen LogP contribution < -0.4 is 14.8 Å². The van der Waals surface area contributed by atoms with E-state index in [1.165, 1.54) is 18.4 Å². The van der Waals surface area contributed by atoms with E-state index in [1.54, 1.807) is 33.1 Å². The average Bonchev–Trinajstić information content (AvgIpc) is 3.47. The van der Waals surface area contributed by atoms with Crippen molar-refractivity contribution in [2.45, 2.75) is 51.9 Å². The number of carbonyl (C=O) groups excluding carboxylic acids is 3. The molecular weight excluding hydrogens is 518 g/mol. The number of dihydropyridines is 1. The Balaban J connectivity index is 1.95. The fourth-order valence-corrected chi connectivity index (χ4v) is 6.35. The van der Waals surface area contributed by atoms with E-state index in [4.69, 9.17) is 18.9 Å². The van der Waals surface area contributed by atoms with Crippen LogP contribution in [0.1, 0.15) is 62.3 Å². The molecule has 4 rings (SSSR count). The van der Waals surface area contributed by atoms with Gasteiger partial charge in [0.15, 0.2) is 17.3 Å². The van der Waals surface area contributed by atoms with E-state index in [9.17, 15) is 14.4 Å². The summed E-state index contributed by atoms with van der Waals surface area (Å²) in [5, 5.41) is 5.38. The quantitative estimate of drug-likeness (QED) is 0.314. The number of methoxy groups -OCH3 is 2. The molecule has 2 heterocycles. The number of rotatable bonds is 10. The summed E-state index contributed by atoms with van der Waals surface area (Å²) in [7, 11) is 3.08. The Kier molecular flexibility index (Phi) is 9.12. The van der Waals surface area contributed by atoms with Crippen LogP contribution in [0.2, 0.25) is 0 Å². The van der Waals surface area contributed by atoms with E-state index >= 15 is 0 Å². The number of ketones is 1. The van der Waals surface area contributed by atoms with Gasteiger partial charge in [-0.15, -0.1) is 11.3 Å². The first-order valence-electron chi connectivity index (χ1n) is 13.3. The number of ether oxygens (including phenoxy) is 4. The highest BCUT2D eigenvalue weighted by Crippen LogP contribution is 2.50. The van der Waals surface area contributed by atoms with Gasteiger partial charge in [0, 0.05) is 33.7 Å². The third-order valence-corrected chi connectivity index (χ3v) is 8.09. The topological polar surface area (TPSA) is 100 Å². The monoisotopic (exact) mass is 553 g/mol. The van der Waals surface area contributed by atoms with Crippen molar-refractivity contribution >= 4 is 29.1 Å². The molecule has 0 bridgehead atoms. The Morgan fingerprint density at radius 2 is 1.77 bits per heavy atom. The predicted octanol–water partition coefficient (Wildman–Crippen LogP) is 5.26. The van der Waals surface area contributed by atoms with Crippen LogP contribution in [-0.2, 0) is 23.9 Å². The van der Waals surface area contributed by atoms with Gasteiger partial charge in [-0.25, -0.2) is 4.79 Å². The Morgan fingerprint density at radius 1 is 1.03 bits per heavy atom. The molecule has 3 atom stereocenters. The first-order valence-corrected chi connectivity index (χ1v) is 14.1. The van der Waals surface area contributed by atoms with E-state index in [0.29, 0.717) is 41.1 Å². The summed E-state index contributed by atoms with van der Waals surface area (Å²) >= 11 is 1.51. The van der Waals surface area contributed by atoms with Crippen molar-refractivity contribution in [2.75, 3.05) is 27.4 Å². The van der Waals surface area contributed by atoms with Gasteiger partial charge in [0.05, 0.1) is 33.0 Å². The number of Topliss-reactive ketones (excluding diaryl/α,β-unsaturated/α-hetero) is 1. The smallest absolute Gasteiger partial charge is 0.336 e. The van der Waals surface area contributed by atoms with Gasteiger partial charge >= 0.3 is 11.9 Å². The first kappa shape index (κ1) is 28.4. The van der Waals surface area contributed by atoms with Crippen LogP contribution in [-0.4, -0.2) is 45.2 Å². The second kappa shape index (κ2) is 12.5. The van der Waals surface area contributed by atoms with Crippen molar-refractivity contribution in [3.05, 3.63) is 68.7 Å². The van der Waals surface area contributed by atoms with Gasteiger partial charge in [-0.3, -0.25) is 9.59 Å². The van der Waals surface area contributed by atoms with E-state index in [0.717, 1.165) is 22.7 Å². The van der Waals surface area contributed by atoms with Crippen LogP contribution in [0.4, 0.5) is 0 Å². The lowest BCUT2D eigenvalue weighted by molar-refractivity contribution is -0.152. The van der Waals surface area contributed by atoms with Gasteiger partial charge < -0.3 is 24.3 Å². The number of benzene rings is 1. The number of allylic oxidation sites excluding steroid dienone is 3. The summed E-state index contributed by atoms with van der Waals surface area (Å²) in [6, 6.07) is 9.22. The molecule has 0 amide bonds. The third kappa shape index (κ3) is 5.45. The molecule has 8 nitrogen and oxygen atoms in total. The average molecular weight is 554 g/mol. The number of esters is 2. The van der Waals surface area contributed by atoms with Crippen LogP contribution in [0.5, 0.6) is 11.5 Å². The highest BCUT2D eigenvalue weighted by atomic mass is 32.1. The Hall–Kier alpha value is -3.59. The zero-order chi connectivity index (χ0) is 28.1. The van der Waals surface area contributed by atoms with Crippen molar-refractivity contribution < 1.29 is 33.3 Å². The Bertz CT molecular complexity index is 1290. The second-order valence-corrected chi connectivity index (χ2v) is 10.3. The SMILES string of the molecule is CCCC1=C(C(=O)OCC)[C@H](c2ccc(OC)c(OC)c2)C2=C(C[C@H](c3cccs3)[C@H](C(=O)OCC)C2=O)N1. The maximum Gasteiger partial charge on any atom is 0.336 e. The maximum atomic E-state index is 14.4. The molecule has 9 heteroatoms. The van der Waals surface area contributed by atoms with Crippen LogP contribution in [0.3, 0.4) is 0 Å².